The first-order valence-electron chi connectivity index (χ1n) is 20.2. The summed E-state index contributed by atoms with van der Waals surface area (Å²) in [7, 11) is 0. The Kier molecular flexibility index (Phi) is 16.3. The third-order valence-electron chi connectivity index (χ3n) is 10.3. The molecule has 0 bridgehead atoms. The van der Waals surface area contributed by atoms with Gasteiger partial charge in [0, 0.05) is 36.8 Å². The number of rotatable bonds is 20. The molecule has 0 saturated carbocycles. The van der Waals surface area contributed by atoms with Crippen molar-refractivity contribution in [2.24, 2.45) is 0 Å². The molecule has 57 heavy (non-hydrogen) atoms. The van der Waals surface area contributed by atoms with Crippen LogP contribution >= 0.6 is 11.6 Å². The minimum Gasteiger partial charge on any atom is -0.457 e. The lowest BCUT2D eigenvalue weighted by Gasteiger charge is -2.36. The van der Waals surface area contributed by atoms with E-state index >= 15 is 0 Å². The SMILES string of the molecule is CCCCCCN(C(=O)CCCN1C(=O)NC(c2ccc(Cl)cc2)C(C(=O)OCc2ccccc2)=C1C)C(C(=O)NCCCC)c1ccc(-c2ccccc2)cc1. The number of unbranched alkanes of at least 4 members (excludes halogenated alkanes) is 4. The Morgan fingerprint density at radius 3 is 2.12 bits per heavy atom. The van der Waals surface area contributed by atoms with Crippen molar-refractivity contribution in [1.82, 2.24) is 20.4 Å². The van der Waals surface area contributed by atoms with Crippen LogP contribution in [0.25, 0.3) is 11.1 Å². The highest BCUT2D eigenvalue weighted by Gasteiger charge is 2.37. The Hall–Kier alpha value is -5.41. The van der Waals surface area contributed by atoms with Crippen molar-refractivity contribution in [2.45, 2.75) is 90.8 Å². The third-order valence-corrected chi connectivity index (χ3v) is 10.6. The maximum absolute atomic E-state index is 14.3. The molecule has 5 rings (SSSR count). The molecule has 0 aliphatic carbocycles. The van der Waals surface area contributed by atoms with Crippen molar-refractivity contribution < 1.29 is 23.9 Å². The van der Waals surface area contributed by atoms with Gasteiger partial charge < -0.3 is 20.3 Å². The number of hydrogen-bond acceptors (Lipinski definition) is 5. The van der Waals surface area contributed by atoms with Gasteiger partial charge in [0.15, 0.2) is 0 Å². The molecule has 1 aliphatic heterocycles. The Bertz CT molecular complexity index is 1950. The van der Waals surface area contributed by atoms with Crippen LogP contribution in [0.5, 0.6) is 0 Å². The molecule has 0 radical (unpaired) electrons. The van der Waals surface area contributed by atoms with E-state index in [1.165, 1.54) is 4.90 Å². The zero-order chi connectivity index (χ0) is 40.6. The molecule has 0 fully saturated rings. The van der Waals surface area contributed by atoms with Crippen molar-refractivity contribution in [3.8, 4) is 11.1 Å². The number of hydrogen-bond donors (Lipinski definition) is 2. The third kappa shape index (κ3) is 11.8. The van der Waals surface area contributed by atoms with E-state index in [9.17, 15) is 19.2 Å². The number of nitrogens with zero attached hydrogens (tertiary/aromatic N) is 2. The largest absolute Gasteiger partial charge is 0.457 e. The molecule has 4 amide bonds. The number of halogens is 1. The van der Waals surface area contributed by atoms with Crippen LogP contribution in [0.15, 0.2) is 120 Å². The number of nitrogens with one attached hydrogen (secondary N) is 2. The zero-order valence-corrected chi connectivity index (χ0v) is 34.1. The predicted molar refractivity (Wildman–Crippen MR) is 226 cm³/mol. The Balaban J connectivity index is 1.38. The summed E-state index contributed by atoms with van der Waals surface area (Å²) in [6, 6.07) is 32.4. The highest BCUT2D eigenvalue weighted by molar-refractivity contribution is 6.30. The zero-order valence-electron chi connectivity index (χ0n) is 33.3. The van der Waals surface area contributed by atoms with Gasteiger partial charge in [-0.15, -0.1) is 0 Å². The van der Waals surface area contributed by atoms with Gasteiger partial charge in [0.2, 0.25) is 11.8 Å². The van der Waals surface area contributed by atoms with Crippen LogP contribution in [0, 0.1) is 0 Å². The lowest BCUT2D eigenvalue weighted by Crippen LogP contribution is -2.48. The van der Waals surface area contributed by atoms with Crippen LogP contribution in [-0.2, 0) is 25.7 Å². The van der Waals surface area contributed by atoms with E-state index in [0.29, 0.717) is 41.4 Å². The minimum absolute atomic E-state index is 0.0719. The molecular weight excluding hydrogens is 736 g/mol. The highest BCUT2D eigenvalue weighted by atomic mass is 35.5. The maximum atomic E-state index is 14.3. The smallest absolute Gasteiger partial charge is 0.338 e. The second-order valence-corrected chi connectivity index (χ2v) is 14.9. The number of urea groups is 1. The van der Waals surface area contributed by atoms with Crippen LogP contribution in [0.2, 0.25) is 5.02 Å². The number of carbonyl (C=O) groups is 4. The Labute approximate surface area is 342 Å². The number of amides is 4. The summed E-state index contributed by atoms with van der Waals surface area (Å²) in [5, 5.41) is 6.62. The van der Waals surface area contributed by atoms with E-state index in [2.05, 4.69) is 24.5 Å². The summed E-state index contributed by atoms with van der Waals surface area (Å²) in [5.41, 5.74) is 5.12. The average Bonchev–Trinajstić information content (AvgIpc) is 3.23. The first-order chi connectivity index (χ1) is 27.7. The van der Waals surface area contributed by atoms with E-state index < -0.39 is 18.1 Å². The van der Waals surface area contributed by atoms with Crippen molar-refractivity contribution in [3.05, 3.63) is 142 Å². The van der Waals surface area contributed by atoms with Crippen molar-refractivity contribution >= 4 is 35.4 Å². The molecule has 1 aliphatic rings. The molecule has 4 aromatic carbocycles. The molecule has 10 heteroatoms. The highest BCUT2D eigenvalue weighted by Crippen LogP contribution is 2.33. The van der Waals surface area contributed by atoms with E-state index in [-0.39, 0.29) is 37.4 Å². The van der Waals surface area contributed by atoms with Crippen LogP contribution in [-0.4, -0.2) is 53.2 Å². The molecule has 4 aromatic rings. The number of allylic oxidation sites excluding steroid dienone is 1. The lowest BCUT2D eigenvalue weighted by atomic mass is 9.94. The summed E-state index contributed by atoms with van der Waals surface area (Å²) in [6.45, 7) is 7.14. The summed E-state index contributed by atoms with van der Waals surface area (Å²) in [6.07, 6.45) is 5.95. The van der Waals surface area contributed by atoms with E-state index in [1.807, 2.05) is 84.9 Å². The summed E-state index contributed by atoms with van der Waals surface area (Å²) >= 11 is 6.17. The summed E-state index contributed by atoms with van der Waals surface area (Å²) in [5.74, 6) is -0.929. The van der Waals surface area contributed by atoms with Gasteiger partial charge in [0.1, 0.15) is 12.6 Å². The van der Waals surface area contributed by atoms with Crippen molar-refractivity contribution in [2.75, 3.05) is 19.6 Å². The quantitative estimate of drug-likeness (QED) is 0.0685. The van der Waals surface area contributed by atoms with Crippen molar-refractivity contribution in [1.29, 1.82) is 0 Å². The van der Waals surface area contributed by atoms with Crippen LogP contribution in [0.1, 0.15) is 101 Å². The molecule has 0 aromatic heterocycles. The van der Waals surface area contributed by atoms with E-state index in [0.717, 1.165) is 60.8 Å². The first kappa shape index (κ1) is 42.7. The monoisotopic (exact) mass is 790 g/mol. The molecule has 9 nitrogen and oxygen atoms in total. The number of benzene rings is 4. The van der Waals surface area contributed by atoms with Gasteiger partial charge in [-0.05, 0) is 66.1 Å². The average molecular weight is 791 g/mol. The van der Waals surface area contributed by atoms with E-state index in [4.69, 9.17) is 16.3 Å². The molecule has 0 spiro atoms. The Morgan fingerprint density at radius 2 is 1.46 bits per heavy atom. The number of esters is 1. The van der Waals surface area contributed by atoms with Gasteiger partial charge in [-0.3, -0.25) is 14.5 Å². The Morgan fingerprint density at radius 1 is 0.807 bits per heavy atom. The fourth-order valence-corrected chi connectivity index (χ4v) is 7.23. The molecule has 0 saturated heterocycles. The molecule has 1 heterocycles. The normalized spacial score (nSPS) is 14.5. The van der Waals surface area contributed by atoms with Crippen LogP contribution in [0.4, 0.5) is 4.79 Å². The van der Waals surface area contributed by atoms with Crippen LogP contribution < -0.4 is 10.6 Å². The van der Waals surface area contributed by atoms with Gasteiger partial charge in [-0.2, -0.15) is 0 Å². The van der Waals surface area contributed by atoms with Gasteiger partial charge in [0.25, 0.3) is 0 Å². The minimum atomic E-state index is -0.813. The maximum Gasteiger partial charge on any atom is 0.338 e. The fraction of sp³-hybridized carbons (Fsp3) is 0.362. The number of carbonyl (C=O) groups excluding carboxylic acids is 4. The number of ether oxygens (including phenoxy) is 1. The van der Waals surface area contributed by atoms with Gasteiger partial charge in [-0.25, -0.2) is 9.59 Å². The predicted octanol–water partition coefficient (Wildman–Crippen LogP) is 9.94. The van der Waals surface area contributed by atoms with Gasteiger partial charge in [-0.1, -0.05) is 148 Å². The standard InChI is InChI=1S/C47H55ClN4O5/c1-4-6-8-15-31-52(44(45(54)49-30-7-5-2)39-24-22-37(23-25-39)36-19-13-10-14-20-36)41(53)21-16-32-51-34(3)42(46(55)57-33-35-17-11-9-12-18-35)43(50-47(51)56)38-26-28-40(48)29-27-38/h9-14,17-20,22-29,43-44H,4-8,15-16,21,30-33H2,1-3H3,(H,49,54)(H,50,56). The molecule has 2 unspecified atom stereocenters. The molecule has 2 atom stereocenters. The van der Waals surface area contributed by atoms with Gasteiger partial charge in [0.05, 0.1) is 11.6 Å². The molecule has 300 valence electrons. The summed E-state index contributed by atoms with van der Waals surface area (Å²) < 4.78 is 5.78. The topological polar surface area (TPSA) is 108 Å². The van der Waals surface area contributed by atoms with Crippen LogP contribution in [0.3, 0.4) is 0 Å². The summed E-state index contributed by atoms with van der Waals surface area (Å²) in [4.78, 5) is 59.1. The van der Waals surface area contributed by atoms with Gasteiger partial charge >= 0.3 is 12.0 Å². The van der Waals surface area contributed by atoms with E-state index in [1.54, 1.807) is 36.1 Å². The first-order valence-corrected chi connectivity index (χ1v) is 20.6. The second kappa shape index (κ2) is 21.8. The fourth-order valence-electron chi connectivity index (χ4n) is 7.11. The lowest BCUT2D eigenvalue weighted by molar-refractivity contribution is -0.141. The second-order valence-electron chi connectivity index (χ2n) is 14.4. The molecule has 2 N–H and O–H groups in total. The van der Waals surface area contributed by atoms with Crippen molar-refractivity contribution in [3.63, 3.8) is 0 Å². The molecular formula is C47H55ClN4O5.